The summed E-state index contributed by atoms with van der Waals surface area (Å²) in [6, 6.07) is 10.4. The van der Waals surface area contributed by atoms with E-state index in [9.17, 15) is 14.7 Å². The average molecular weight is 433 g/mol. The molecule has 2 amide bonds. The molecule has 0 saturated carbocycles. The quantitative estimate of drug-likeness (QED) is 0.633. The lowest BCUT2D eigenvalue weighted by Crippen LogP contribution is -2.34. The monoisotopic (exact) mass is 432 g/mol. The predicted octanol–water partition coefficient (Wildman–Crippen LogP) is 3.03. The van der Waals surface area contributed by atoms with Crippen molar-refractivity contribution in [3.05, 3.63) is 57.6 Å². The van der Waals surface area contributed by atoms with E-state index in [-0.39, 0.29) is 30.3 Å². The Balaban J connectivity index is 1.54. The molecule has 3 N–H and O–H groups in total. The first kappa shape index (κ1) is 19.2. The lowest BCUT2D eigenvalue weighted by atomic mass is 10.0. The fourth-order valence-electron chi connectivity index (χ4n) is 3.00. The summed E-state index contributed by atoms with van der Waals surface area (Å²) in [6.07, 6.45) is 0.680. The minimum absolute atomic E-state index is 0.145. The van der Waals surface area contributed by atoms with Gasteiger partial charge in [0.15, 0.2) is 11.5 Å². The van der Waals surface area contributed by atoms with Gasteiger partial charge >= 0.3 is 0 Å². The first-order valence-electron chi connectivity index (χ1n) is 8.63. The maximum atomic E-state index is 12.3. The van der Waals surface area contributed by atoms with Crippen molar-refractivity contribution in [1.82, 2.24) is 10.6 Å². The minimum atomic E-state index is -0.416. The number of aromatic hydroxyl groups is 1. The van der Waals surface area contributed by atoms with E-state index < -0.39 is 11.5 Å². The Kier molecular flexibility index (Phi) is 5.41. The van der Waals surface area contributed by atoms with E-state index in [0.717, 1.165) is 10.0 Å². The Bertz CT molecular complexity index is 896. The number of carbonyl (C=O) groups excluding carboxylic acids is 2. The van der Waals surface area contributed by atoms with Gasteiger partial charge in [-0.2, -0.15) is 0 Å². The summed E-state index contributed by atoms with van der Waals surface area (Å²) < 4.78 is 6.56. The molecular weight excluding hydrogens is 412 g/mol. The van der Waals surface area contributed by atoms with Crippen molar-refractivity contribution >= 4 is 27.7 Å². The lowest BCUT2D eigenvalue weighted by Gasteiger charge is -2.17. The van der Waals surface area contributed by atoms with Crippen LogP contribution in [-0.2, 0) is 6.42 Å². The SMILES string of the molecule is CC1(C)Cc2ccc(C(=O)NCCNC(=O)c3cccc(Br)c3)c(O)c2O1. The van der Waals surface area contributed by atoms with Crippen LogP contribution >= 0.6 is 15.9 Å². The van der Waals surface area contributed by atoms with Gasteiger partial charge in [0.2, 0.25) is 0 Å². The van der Waals surface area contributed by atoms with Crippen LogP contribution in [0.15, 0.2) is 40.9 Å². The second kappa shape index (κ2) is 7.60. The molecule has 0 fully saturated rings. The van der Waals surface area contributed by atoms with E-state index in [1.807, 2.05) is 19.9 Å². The second-order valence-corrected chi connectivity index (χ2v) is 7.93. The highest BCUT2D eigenvalue weighted by Crippen LogP contribution is 2.43. The van der Waals surface area contributed by atoms with E-state index >= 15 is 0 Å². The van der Waals surface area contributed by atoms with E-state index in [1.54, 1.807) is 30.3 Å². The van der Waals surface area contributed by atoms with E-state index in [0.29, 0.717) is 17.7 Å². The first-order chi connectivity index (χ1) is 12.8. The van der Waals surface area contributed by atoms with Crippen LogP contribution in [0.3, 0.4) is 0 Å². The van der Waals surface area contributed by atoms with Crippen molar-refractivity contribution in [2.75, 3.05) is 13.1 Å². The number of phenols is 1. The van der Waals surface area contributed by atoms with Crippen LogP contribution in [0.2, 0.25) is 0 Å². The van der Waals surface area contributed by atoms with Crippen molar-refractivity contribution in [2.45, 2.75) is 25.9 Å². The first-order valence-corrected chi connectivity index (χ1v) is 9.42. The van der Waals surface area contributed by atoms with Crippen LogP contribution in [0.4, 0.5) is 0 Å². The number of carbonyl (C=O) groups is 2. The number of nitrogens with one attached hydrogen (secondary N) is 2. The molecule has 0 aromatic heterocycles. The zero-order chi connectivity index (χ0) is 19.6. The maximum Gasteiger partial charge on any atom is 0.255 e. The Hall–Kier alpha value is -2.54. The van der Waals surface area contributed by atoms with Gasteiger partial charge in [-0.05, 0) is 38.1 Å². The number of phenolic OH excluding ortho intramolecular Hbond substituents is 1. The Labute approximate surface area is 166 Å². The van der Waals surface area contributed by atoms with Gasteiger partial charge in [0.25, 0.3) is 11.8 Å². The van der Waals surface area contributed by atoms with Crippen LogP contribution in [-0.4, -0.2) is 35.6 Å². The Morgan fingerprint density at radius 3 is 2.56 bits per heavy atom. The highest BCUT2D eigenvalue weighted by molar-refractivity contribution is 9.10. The number of amides is 2. The molecule has 6 nitrogen and oxygen atoms in total. The van der Waals surface area contributed by atoms with Crippen LogP contribution in [0, 0.1) is 0 Å². The lowest BCUT2D eigenvalue weighted by molar-refractivity contribution is 0.0924. The third-order valence-electron chi connectivity index (χ3n) is 4.24. The van der Waals surface area contributed by atoms with Gasteiger partial charge < -0.3 is 20.5 Å². The van der Waals surface area contributed by atoms with E-state index in [1.165, 1.54) is 0 Å². The van der Waals surface area contributed by atoms with Gasteiger partial charge in [0.05, 0.1) is 5.56 Å². The molecule has 7 heteroatoms. The number of halogens is 1. The van der Waals surface area contributed by atoms with Crippen molar-refractivity contribution in [1.29, 1.82) is 0 Å². The third-order valence-corrected chi connectivity index (χ3v) is 4.73. The highest BCUT2D eigenvalue weighted by Gasteiger charge is 2.33. The normalized spacial score (nSPS) is 14.2. The average Bonchev–Trinajstić information content (AvgIpc) is 2.94. The molecule has 142 valence electrons. The van der Waals surface area contributed by atoms with Gasteiger partial charge in [-0.25, -0.2) is 0 Å². The molecule has 27 heavy (non-hydrogen) atoms. The molecule has 0 radical (unpaired) electrons. The zero-order valence-electron chi connectivity index (χ0n) is 15.1. The molecule has 1 aliphatic rings. The van der Waals surface area contributed by atoms with Crippen LogP contribution < -0.4 is 15.4 Å². The number of hydrogen-bond donors (Lipinski definition) is 3. The molecule has 0 saturated heterocycles. The second-order valence-electron chi connectivity index (χ2n) is 7.01. The Morgan fingerprint density at radius 1 is 1.15 bits per heavy atom. The summed E-state index contributed by atoms with van der Waals surface area (Å²) >= 11 is 3.32. The topological polar surface area (TPSA) is 87.7 Å². The van der Waals surface area contributed by atoms with Crippen LogP contribution in [0.1, 0.15) is 40.1 Å². The summed E-state index contributed by atoms with van der Waals surface area (Å²) in [5, 5.41) is 15.8. The molecule has 0 unspecified atom stereocenters. The largest absolute Gasteiger partial charge is 0.504 e. The summed E-state index contributed by atoms with van der Waals surface area (Å²) in [7, 11) is 0. The summed E-state index contributed by atoms with van der Waals surface area (Å²) in [5.41, 5.74) is 1.18. The van der Waals surface area contributed by atoms with Crippen LogP contribution in [0.5, 0.6) is 11.5 Å². The summed E-state index contributed by atoms with van der Waals surface area (Å²) in [6.45, 7) is 4.37. The van der Waals surface area contributed by atoms with Crippen molar-refractivity contribution < 1.29 is 19.4 Å². The number of benzene rings is 2. The molecular formula is C20H21BrN2O4. The van der Waals surface area contributed by atoms with Gasteiger partial charge in [0, 0.05) is 35.1 Å². The highest BCUT2D eigenvalue weighted by atomic mass is 79.9. The van der Waals surface area contributed by atoms with Gasteiger partial charge in [0.1, 0.15) is 5.60 Å². The zero-order valence-corrected chi connectivity index (χ0v) is 16.7. The molecule has 0 spiro atoms. The fourth-order valence-corrected chi connectivity index (χ4v) is 3.40. The molecule has 0 bridgehead atoms. The van der Waals surface area contributed by atoms with Crippen molar-refractivity contribution in [3.8, 4) is 11.5 Å². The molecule has 3 rings (SSSR count). The fraction of sp³-hybridized carbons (Fsp3) is 0.300. The molecule has 1 heterocycles. The molecule has 2 aromatic carbocycles. The molecule has 0 atom stereocenters. The smallest absolute Gasteiger partial charge is 0.255 e. The number of ether oxygens (including phenoxy) is 1. The number of hydrogen-bond acceptors (Lipinski definition) is 4. The van der Waals surface area contributed by atoms with Gasteiger partial charge in [-0.1, -0.05) is 28.1 Å². The minimum Gasteiger partial charge on any atom is -0.504 e. The van der Waals surface area contributed by atoms with Gasteiger partial charge in [-0.15, -0.1) is 0 Å². The molecule has 0 aliphatic carbocycles. The summed E-state index contributed by atoms with van der Waals surface area (Å²) in [4.78, 5) is 24.4. The Morgan fingerprint density at radius 2 is 1.85 bits per heavy atom. The van der Waals surface area contributed by atoms with Gasteiger partial charge in [-0.3, -0.25) is 9.59 Å². The summed E-state index contributed by atoms with van der Waals surface area (Å²) in [5.74, 6) is -0.411. The predicted molar refractivity (Wildman–Crippen MR) is 105 cm³/mol. The van der Waals surface area contributed by atoms with Crippen LogP contribution in [0.25, 0.3) is 0 Å². The van der Waals surface area contributed by atoms with E-state index in [2.05, 4.69) is 26.6 Å². The standard InChI is InChI=1S/C20H21BrN2O4/c1-20(2)11-13-6-7-15(16(24)17(13)27-20)19(26)23-9-8-22-18(25)12-4-3-5-14(21)10-12/h3-7,10,24H,8-9,11H2,1-2H3,(H,22,25)(H,23,26). The van der Waals surface area contributed by atoms with E-state index in [4.69, 9.17) is 4.74 Å². The molecule has 1 aliphatic heterocycles. The molecule has 2 aromatic rings. The number of fused-ring (bicyclic) bond motifs is 1. The maximum absolute atomic E-state index is 12.3. The number of rotatable bonds is 5. The van der Waals surface area contributed by atoms with Crippen molar-refractivity contribution in [3.63, 3.8) is 0 Å². The van der Waals surface area contributed by atoms with Crippen molar-refractivity contribution in [2.24, 2.45) is 0 Å². The third kappa shape index (κ3) is 4.42.